The first-order valence-electron chi connectivity index (χ1n) is 18.3. The number of nitrogens with zero attached hydrogens (tertiary/aromatic N) is 4. The molecule has 0 N–H and O–H groups in total. The van der Waals surface area contributed by atoms with Gasteiger partial charge in [-0.15, -0.1) is 0 Å². The van der Waals surface area contributed by atoms with Crippen molar-refractivity contribution < 1.29 is 4.42 Å². The van der Waals surface area contributed by atoms with Gasteiger partial charge >= 0.3 is 0 Å². The van der Waals surface area contributed by atoms with E-state index in [0.717, 1.165) is 67.9 Å². The van der Waals surface area contributed by atoms with Gasteiger partial charge in [-0.05, 0) is 131 Å². The lowest BCUT2D eigenvalue weighted by Gasteiger charge is -2.25. The molecule has 3 aromatic heterocycles. The van der Waals surface area contributed by atoms with E-state index in [0.29, 0.717) is 0 Å². The zero-order valence-electron chi connectivity index (χ0n) is 30.0. The molecule has 0 aliphatic heterocycles. The summed E-state index contributed by atoms with van der Waals surface area (Å²) in [5, 5.41) is 0. The molecule has 0 unspecified atom stereocenters. The summed E-state index contributed by atoms with van der Waals surface area (Å²) < 4.78 is 6.48. The highest BCUT2D eigenvalue weighted by Gasteiger charge is 2.17. The van der Waals surface area contributed by atoms with E-state index >= 15 is 0 Å². The maximum atomic E-state index is 6.48. The van der Waals surface area contributed by atoms with Crippen LogP contribution in [0.5, 0.6) is 0 Å². The molecule has 0 fully saturated rings. The fourth-order valence-electron chi connectivity index (χ4n) is 6.97. The van der Waals surface area contributed by atoms with Gasteiger partial charge in [-0.1, -0.05) is 84.9 Å². The van der Waals surface area contributed by atoms with E-state index in [4.69, 9.17) is 4.42 Å². The molecule has 0 saturated heterocycles. The van der Waals surface area contributed by atoms with Crippen LogP contribution in [0.2, 0.25) is 0 Å². The van der Waals surface area contributed by atoms with Crippen LogP contribution in [-0.2, 0) is 0 Å². The van der Waals surface area contributed by atoms with Gasteiger partial charge in [0.15, 0.2) is 0 Å². The number of pyridine rings is 2. The second-order valence-corrected chi connectivity index (χ2v) is 13.2. The minimum Gasteiger partial charge on any atom is -0.456 e. The molecule has 6 aromatic carbocycles. The third-order valence-corrected chi connectivity index (χ3v) is 9.66. The van der Waals surface area contributed by atoms with Gasteiger partial charge in [0.25, 0.3) is 0 Å². The Balaban J connectivity index is 0.988. The quantitative estimate of drug-likeness (QED) is 0.142. The Labute approximate surface area is 321 Å². The molecule has 262 valence electrons. The van der Waals surface area contributed by atoms with Gasteiger partial charge < -0.3 is 14.2 Å². The number of hydrogen-bond acceptors (Lipinski definition) is 5. The van der Waals surface area contributed by atoms with Crippen LogP contribution in [0.4, 0.5) is 34.1 Å². The number of rotatable bonds is 10. The average molecular weight is 709 g/mol. The van der Waals surface area contributed by atoms with E-state index in [-0.39, 0.29) is 0 Å². The van der Waals surface area contributed by atoms with E-state index in [1.807, 2.05) is 48.8 Å². The number of aromatic nitrogens is 2. The molecule has 9 aromatic rings. The highest BCUT2D eigenvalue weighted by molar-refractivity contribution is 5.82. The molecule has 0 aliphatic carbocycles. The minimum absolute atomic E-state index is 0.805. The minimum atomic E-state index is 0.805. The van der Waals surface area contributed by atoms with Gasteiger partial charge in [0, 0.05) is 46.3 Å². The summed E-state index contributed by atoms with van der Waals surface area (Å²) in [6.45, 7) is 0. The molecule has 0 saturated carbocycles. The Bertz CT molecular complexity index is 2440. The van der Waals surface area contributed by atoms with Gasteiger partial charge in [0.1, 0.15) is 11.5 Å². The second kappa shape index (κ2) is 15.2. The summed E-state index contributed by atoms with van der Waals surface area (Å²) in [4.78, 5) is 13.3. The summed E-state index contributed by atoms with van der Waals surface area (Å²) >= 11 is 0. The van der Waals surface area contributed by atoms with E-state index in [2.05, 4.69) is 177 Å². The molecule has 55 heavy (non-hydrogen) atoms. The van der Waals surface area contributed by atoms with Crippen molar-refractivity contribution in [1.29, 1.82) is 0 Å². The highest BCUT2D eigenvalue weighted by Crippen LogP contribution is 2.40. The van der Waals surface area contributed by atoms with Crippen molar-refractivity contribution in [3.8, 4) is 44.9 Å². The van der Waals surface area contributed by atoms with Crippen LogP contribution in [0.25, 0.3) is 44.9 Å². The third-order valence-electron chi connectivity index (χ3n) is 9.66. The standard InChI is InChI=1S/C50H36N4O/c1-3-11-37(12-4-1)41-15-7-17-45(33-41)53(47-19-9-31-51-35-47)43-25-21-39(22-26-43)49-29-30-50(55-49)40-23-27-44(28-24-40)54(48-20-10-32-52-36-48)46-18-8-16-42(34-46)38-13-5-2-6-14-38/h1-36H. The van der Waals surface area contributed by atoms with Gasteiger partial charge in [0.2, 0.25) is 0 Å². The lowest BCUT2D eigenvalue weighted by molar-refractivity contribution is 0.597. The molecule has 0 amide bonds. The molecule has 0 radical (unpaired) electrons. The number of furan rings is 1. The summed E-state index contributed by atoms with van der Waals surface area (Å²) in [5.74, 6) is 1.61. The largest absolute Gasteiger partial charge is 0.456 e. The van der Waals surface area contributed by atoms with Crippen LogP contribution >= 0.6 is 0 Å². The molecule has 3 heterocycles. The Hall–Kier alpha value is -7.50. The molecule has 0 bridgehead atoms. The van der Waals surface area contributed by atoms with Gasteiger partial charge in [-0.2, -0.15) is 0 Å². The molecule has 0 aliphatic rings. The van der Waals surface area contributed by atoms with Gasteiger partial charge in [-0.3, -0.25) is 9.97 Å². The van der Waals surface area contributed by atoms with E-state index < -0.39 is 0 Å². The Kier molecular flexibility index (Phi) is 9.23. The Morgan fingerprint density at radius 2 is 0.691 bits per heavy atom. The molecule has 0 spiro atoms. The third kappa shape index (κ3) is 7.15. The van der Waals surface area contributed by atoms with Crippen molar-refractivity contribution in [3.05, 3.63) is 219 Å². The first-order chi connectivity index (χ1) is 27.3. The van der Waals surface area contributed by atoms with Crippen LogP contribution in [0, 0.1) is 0 Å². The fraction of sp³-hybridized carbons (Fsp3) is 0. The highest BCUT2D eigenvalue weighted by atomic mass is 16.3. The van der Waals surface area contributed by atoms with E-state index in [1.54, 1.807) is 12.4 Å². The van der Waals surface area contributed by atoms with Gasteiger partial charge in [0.05, 0.1) is 23.8 Å². The van der Waals surface area contributed by atoms with Crippen LogP contribution in [0.3, 0.4) is 0 Å². The molecule has 5 heteroatoms. The van der Waals surface area contributed by atoms with Crippen molar-refractivity contribution in [3.63, 3.8) is 0 Å². The molecular weight excluding hydrogens is 673 g/mol. The lowest BCUT2D eigenvalue weighted by atomic mass is 10.0. The molecule has 5 nitrogen and oxygen atoms in total. The fourth-order valence-corrected chi connectivity index (χ4v) is 6.97. The van der Waals surface area contributed by atoms with E-state index in [9.17, 15) is 0 Å². The van der Waals surface area contributed by atoms with E-state index in [1.165, 1.54) is 11.1 Å². The summed E-state index contributed by atoms with van der Waals surface area (Å²) in [6.07, 6.45) is 7.39. The van der Waals surface area contributed by atoms with Gasteiger partial charge in [-0.25, -0.2) is 0 Å². The number of hydrogen-bond donors (Lipinski definition) is 0. The SMILES string of the molecule is c1ccc(-c2cccc(N(c3ccc(-c4ccc(-c5ccc(N(c6cccnc6)c6cccc(-c7ccccc7)c6)cc5)o4)cc3)c3cccnc3)c2)cc1. The van der Waals surface area contributed by atoms with Crippen molar-refractivity contribution in [2.45, 2.75) is 0 Å². The first-order valence-corrected chi connectivity index (χ1v) is 18.3. The summed E-state index contributed by atoms with van der Waals surface area (Å²) in [5.41, 5.74) is 12.8. The Morgan fingerprint density at radius 1 is 0.291 bits per heavy atom. The molecular formula is C50H36N4O. The van der Waals surface area contributed by atoms with Crippen molar-refractivity contribution in [2.24, 2.45) is 0 Å². The first kappa shape index (κ1) is 33.3. The second-order valence-electron chi connectivity index (χ2n) is 13.2. The monoisotopic (exact) mass is 708 g/mol. The molecule has 0 atom stereocenters. The lowest BCUT2D eigenvalue weighted by Crippen LogP contribution is -2.10. The topological polar surface area (TPSA) is 45.4 Å². The average Bonchev–Trinajstić information content (AvgIpc) is 3.77. The predicted molar refractivity (Wildman–Crippen MR) is 225 cm³/mol. The predicted octanol–water partition coefficient (Wildman–Crippen LogP) is 13.7. The normalized spacial score (nSPS) is 10.9. The van der Waals surface area contributed by atoms with Crippen molar-refractivity contribution >= 4 is 34.1 Å². The molecule has 9 rings (SSSR count). The zero-order chi connectivity index (χ0) is 36.8. The maximum Gasteiger partial charge on any atom is 0.134 e. The van der Waals surface area contributed by atoms with Crippen LogP contribution < -0.4 is 9.80 Å². The zero-order valence-corrected chi connectivity index (χ0v) is 30.0. The maximum absolute atomic E-state index is 6.48. The number of anilines is 6. The number of benzene rings is 6. The smallest absolute Gasteiger partial charge is 0.134 e. The summed E-state index contributed by atoms with van der Waals surface area (Å²) in [7, 11) is 0. The van der Waals surface area contributed by atoms with Crippen LogP contribution in [-0.4, -0.2) is 9.97 Å². The van der Waals surface area contributed by atoms with Crippen LogP contribution in [0.15, 0.2) is 223 Å². The van der Waals surface area contributed by atoms with Crippen molar-refractivity contribution in [1.82, 2.24) is 9.97 Å². The van der Waals surface area contributed by atoms with Crippen molar-refractivity contribution in [2.75, 3.05) is 9.80 Å². The summed E-state index contributed by atoms with van der Waals surface area (Å²) in [6, 6.07) is 67.3. The Morgan fingerprint density at radius 3 is 1.09 bits per heavy atom. The van der Waals surface area contributed by atoms with Crippen LogP contribution in [0.1, 0.15) is 0 Å².